The minimum Gasteiger partial charge on any atom is -0.387 e. The second kappa shape index (κ2) is 7.67. The molecule has 4 saturated carbocycles. The first kappa shape index (κ1) is 23.3. The van der Waals surface area contributed by atoms with Crippen molar-refractivity contribution in [3.8, 4) is 0 Å². The third kappa shape index (κ3) is 3.22. The van der Waals surface area contributed by atoms with E-state index in [4.69, 9.17) is 0 Å². The largest absolute Gasteiger partial charge is 0.387 e. The topological polar surface area (TPSA) is 40.5 Å². The molecule has 0 aromatic carbocycles. The van der Waals surface area contributed by atoms with E-state index in [0.29, 0.717) is 29.3 Å². The Labute approximate surface area is 202 Å². The maximum absolute atomic E-state index is 11.8. The molecule has 4 nitrogen and oxygen atoms in total. The zero-order chi connectivity index (χ0) is 23.2. The summed E-state index contributed by atoms with van der Waals surface area (Å²) in [6, 6.07) is 0.901. The molecule has 33 heavy (non-hydrogen) atoms. The van der Waals surface area contributed by atoms with E-state index in [1.807, 2.05) is 0 Å². The lowest BCUT2D eigenvalue weighted by molar-refractivity contribution is -0.928. The molecule has 0 radical (unpaired) electrons. The molecule has 0 bridgehead atoms. The van der Waals surface area contributed by atoms with Gasteiger partial charge in [-0.25, -0.2) is 0 Å². The van der Waals surface area contributed by atoms with Crippen LogP contribution in [0.15, 0.2) is 0 Å². The zero-order valence-electron chi connectivity index (χ0n) is 22.0. The van der Waals surface area contributed by atoms with Crippen LogP contribution in [0.3, 0.4) is 0 Å². The number of quaternary nitrogens is 2. The van der Waals surface area contributed by atoms with Crippen LogP contribution in [-0.2, 0) is 0 Å². The van der Waals surface area contributed by atoms with Crippen molar-refractivity contribution >= 4 is 0 Å². The van der Waals surface area contributed by atoms with Crippen molar-refractivity contribution in [1.82, 2.24) is 0 Å². The summed E-state index contributed by atoms with van der Waals surface area (Å²) in [6.07, 6.45) is 13.9. The van der Waals surface area contributed by atoms with E-state index in [1.54, 1.807) is 0 Å². The molecule has 0 amide bonds. The summed E-state index contributed by atoms with van der Waals surface area (Å²) in [7, 11) is 4.89. The van der Waals surface area contributed by atoms with Crippen molar-refractivity contribution in [3.05, 3.63) is 0 Å². The Hall–Kier alpha value is -0.160. The first-order valence-corrected chi connectivity index (χ1v) is 14.7. The lowest BCUT2D eigenvalue weighted by atomic mass is 9.44. The lowest BCUT2D eigenvalue weighted by Crippen LogP contribution is -2.64. The van der Waals surface area contributed by atoms with Crippen LogP contribution in [0, 0.1) is 34.5 Å². The number of rotatable bonds is 2. The molecule has 0 spiro atoms. The molecule has 6 fully saturated rings. The van der Waals surface area contributed by atoms with Gasteiger partial charge in [-0.15, -0.1) is 0 Å². The van der Waals surface area contributed by atoms with Gasteiger partial charge >= 0.3 is 0 Å². The standard InChI is InChI=1S/C29H52N2O2/c1-28-12-11-22-21(23(28)18-24(27(28)33)30(3)13-5-6-14-30)10-9-20-17-26(32)25(19-29(20,22)2)31(4)15-7-8-16-31/h20-27,32-33H,5-19H2,1-4H3/q+2/t20-,21+,22-,23-,24-,25-,26-,27-,28-,29-/m0/s1. The van der Waals surface area contributed by atoms with Crippen LogP contribution in [0.5, 0.6) is 0 Å². The second-order valence-corrected chi connectivity index (χ2v) is 14.8. The molecule has 4 aliphatic carbocycles. The highest BCUT2D eigenvalue weighted by Crippen LogP contribution is 2.67. The van der Waals surface area contributed by atoms with Crippen molar-refractivity contribution in [2.24, 2.45) is 34.5 Å². The van der Waals surface area contributed by atoms with Crippen molar-refractivity contribution in [1.29, 1.82) is 0 Å². The zero-order valence-corrected chi connectivity index (χ0v) is 22.0. The summed E-state index contributed by atoms with van der Waals surface area (Å²) < 4.78 is 2.26. The van der Waals surface area contributed by atoms with E-state index in [2.05, 4.69) is 27.9 Å². The van der Waals surface area contributed by atoms with Gasteiger partial charge in [0.25, 0.3) is 0 Å². The molecular weight excluding hydrogens is 408 g/mol. The van der Waals surface area contributed by atoms with Gasteiger partial charge in [0, 0.05) is 43.9 Å². The first-order chi connectivity index (χ1) is 15.6. The average molecular weight is 461 g/mol. The number of likely N-dealkylation sites (tertiary alicyclic amines) is 2. The summed E-state index contributed by atoms with van der Waals surface area (Å²) in [4.78, 5) is 0. The SMILES string of the molecule is C[C@]12C[C@H]([N+]3(C)CCCC3)[C@@H](O)C[C@@H]1CC[C@@H]1[C@@H]2CC[C@]2(C)[C@@H](O)[C@@H]([N+]3(C)CCCC3)C[C@@H]12. The fourth-order valence-corrected chi connectivity index (χ4v) is 11.3. The molecule has 0 aromatic rings. The minimum absolute atomic E-state index is 0.103. The van der Waals surface area contributed by atoms with Crippen molar-refractivity contribution in [2.45, 2.75) is 109 Å². The Morgan fingerprint density at radius 3 is 1.94 bits per heavy atom. The average Bonchev–Trinajstić information content (AvgIpc) is 3.48. The van der Waals surface area contributed by atoms with E-state index >= 15 is 0 Å². The monoisotopic (exact) mass is 460 g/mol. The Balaban J connectivity index is 1.28. The highest BCUT2D eigenvalue weighted by molar-refractivity contribution is 5.12. The van der Waals surface area contributed by atoms with E-state index in [-0.39, 0.29) is 17.6 Å². The fraction of sp³-hybridized carbons (Fsp3) is 1.00. The van der Waals surface area contributed by atoms with Crippen molar-refractivity contribution < 1.29 is 19.2 Å². The van der Waals surface area contributed by atoms with E-state index in [0.717, 1.165) is 27.2 Å². The lowest BCUT2D eigenvalue weighted by Gasteiger charge is -2.62. The highest BCUT2D eigenvalue weighted by atomic mass is 16.3. The van der Waals surface area contributed by atoms with Crippen molar-refractivity contribution in [2.75, 3.05) is 40.3 Å². The first-order valence-electron chi connectivity index (χ1n) is 14.7. The molecule has 2 saturated heterocycles. The maximum Gasteiger partial charge on any atom is 0.116 e. The van der Waals surface area contributed by atoms with E-state index in [1.165, 1.54) is 90.4 Å². The van der Waals surface area contributed by atoms with Gasteiger partial charge < -0.3 is 19.2 Å². The molecule has 0 aromatic heterocycles. The van der Waals surface area contributed by atoms with Crippen LogP contribution >= 0.6 is 0 Å². The van der Waals surface area contributed by atoms with Crippen LogP contribution in [0.2, 0.25) is 0 Å². The fourth-order valence-electron chi connectivity index (χ4n) is 11.3. The summed E-state index contributed by atoms with van der Waals surface area (Å²) in [5.74, 6) is 2.99. The van der Waals surface area contributed by atoms with Gasteiger partial charge in [-0.2, -0.15) is 0 Å². The minimum atomic E-state index is -0.118. The molecule has 2 aliphatic heterocycles. The molecule has 2 heterocycles. The summed E-state index contributed by atoms with van der Waals surface area (Å²) >= 11 is 0. The van der Waals surface area contributed by atoms with Crippen LogP contribution in [-0.4, -0.2) is 83.7 Å². The summed E-state index contributed by atoms with van der Waals surface area (Å²) in [5.41, 5.74) is 0.507. The number of hydrogen-bond acceptors (Lipinski definition) is 2. The summed E-state index contributed by atoms with van der Waals surface area (Å²) in [5, 5.41) is 23.1. The molecule has 4 heteroatoms. The number of hydrogen-bond donors (Lipinski definition) is 2. The number of aliphatic hydroxyl groups excluding tert-OH is 2. The number of likely N-dealkylation sites (N-methyl/N-ethyl adjacent to an activating group) is 2. The van der Waals surface area contributed by atoms with Gasteiger partial charge in [-0.05, 0) is 61.2 Å². The van der Waals surface area contributed by atoms with E-state index in [9.17, 15) is 10.2 Å². The van der Waals surface area contributed by atoms with Crippen molar-refractivity contribution in [3.63, 3.8) is 0 Å². The molecule has 0 unspecified atom stereocenters. The molecule has 6 aliphatic rings. The van der Waals surface area contributed by atoms with Gasteiger partial charge in [0.1, 0.15) is 24.3 Å². The van der Waals surface area contributed by atoms with E-state index < -0.39 is 0 Å². The second-order valence-electron chi connectivity index (χ2n) is 14.8. The van der Waals surface area contributed by atoms with Gasteiger partial charge in [-0.1, -0.05) is 13.8 Å². The number of fused-ring (bicyclic) bond motifs is 5. The predicted octanol–water partition coefficient (Wildman–Crippen LogP) is 4.19. The number of aliphatic hydroxyl groups is 2. The maximum atomic E-state index is 11.8. The van der Waals surface area contributed by atoms with Crippen LogP contribution in [0.1, 0.15) is 84.5 Å². The van der Waals surface area contributed by atoms with Gasteiger partial charge in [-0.3, -0.25) is 0 Å². The van der Waals surface area contributed by atoms with Crippen LogP contribution in [0.4, 0.5) is 0 Å². The Kier molecular flexibility index (Phi) is 5.40. The molecule has 188 valence electrons. The predicted molar refractivity (Wildman–Crippen MR) is 132 cm³/mol. The molecule has 6 rings (SSSR count). The Morgan fingerprint density at radius 2 is 1.30 bits per heavy atom. The Morgan fingerprint density at radius 1 is 0.697 bits per heavy atom. The third-order valence-corrected chi connectivity index (χ3v) is 13.4. The quantitative estimate of drug-likeness (QED) is 0.607. The van der Waals surface area contributed by atoms with Gasteiger partial charge in [0.2, 0.25) is 0 Å². The van der Waals surface area contributed by atoms with Crippen LogP contribution < -0.4 is 0 Å². The molecule has 2 N–H and O–H groups in total. The Bertz CT molecular complexity index is 759. The van der Waals surface area contributed by atoms with Gasteiger partial charge in [0.05, 0.1) is 40.3 Å². The summed E-state index contributed by atoms with van der Waals surface area (Å²) in [6.45, 7) is 10.2. The highest BCUT2D eigenvalue weighted by Gasteiger charge is 2.66. The van der Waals surface area contributed by atoms with Crippen LogP contribution in [0.25, 0.3) is 0 Å². The third-order valence-electron chi connectivity index (χ3n) is 13.4. The smallest absolute Gasteiger partial charge is 0.116 e. The normalized spacial score (nSPS) is 55.1. The molecule has 10 atom stereocenters. The number of nitrogens with zero attached hydrogens (tertiary/aromatic N) is 2. The molecular formula is C29H52N2O2+2. The van der Waals surface area contributed by atoms with Gasteiger partial charge in [0.15, 0.2) is 0 Å².